The third-order valence-corrected chi connectivity index (χ3v) is 5.50. The van der Waals surface area contributed by atoms with E-state index in [4.69, 9.17) is 0 Å². The Balaban J connectivity index is 2.02. The third-order valence-electron chi connectivity index (χ3n) is 4.68. The van der Waals surface area contributed by atoms with Gasteiger partial charge >= 0.3 is 0 Å². The Labute approximate surface area is 178 Å². The number of aromatic nitrogens is 1. The SMILES string of the molecule is Cc1ccc(-c2c(I)cnc(-c3ccccc3)c2C(=O)c2ccccc2)cc1. The Kier molecular flexibility index (Phi) is 5.35. The van der Waals surface area contributed by atoms with Crippen molar-refractivity contribution in [2.45, 2.75) is 6.92 Å². The number of pyridine rings is 1. The number of rotatable bonds is 4. The molecule has 0 radical (unpaired) electrons. The Morgan fingerprint density at radius 2 is 1.39 bits per heavy atom. The molecular formula is C25H18INO. The minimum absolute atomic E-state index is 0.0129. The Morgan fingerprint density at radius 1 is 0.786 bits per heavy atom. The Hall–Kier alpha value is -2.79. The number of ketones is 1. The molecule has 0 aliphatic carbocycles. The highest BCUT2D eigenvalue weighted by molar-refractivity contribution is 14.1. The van der Waals surface area contributed by atoms with E-state index in [0.29, 0.717) is 16.8 Å². The van der Waals surface area contributed by atoms with Crippen molar-refractivity contribution in [2.75, 3.05) is 0 Å². The average molecular weight is 475 g/mol. The molecule has 0 saturated heterocycles. The van der Waals surface area contributed by atoms with Crippen LogP contribution < -0.4 is 0 Å². The lowest BCUT2D eigenvalue weighted by Gasteiger charge is -2.16. The minimum atomic E-state index is -0.0129. The minimum Gasteiger partial charge on any atom is -0.289 e. The van der Waals surface area contributed by atoms with E-state index in [0.717, 1.165) is 20.3 Å². The molecule has 1 aromatic heterocycles. The maximum absolute atomic E-state index is 13.6. The van der Waals surface area contributed by atoms with Crippen LogP contribution in [0.25, 0.3) is 22.4 Å². The molecule has 0 unspecified atom stereocenters. The molecule has 0 atom stereocenters. The molecule has 3 heteroatoms. The fourth-order valence-corrected chi connectivity index (χ4v) is 3.98. The van der Waals surface area contributed by atoms with Crippen LogP contribution in [0.2, 0.25) is 0 Å². The molecule has 0 spiro atoms. The molecule has 0 N–H and O–H groups in total. The zero-order chi connectivity index (χ0) is 19.5. The summed E-state index contributed by atoms with van der Waals surface area (Å²) in [6.07, 6.45) is 1.85. The molecule has 0 fully saturated rings. The second-order valence-electron chi connectivity index (χ2n) is 6.63. The number of halogens is 1. The molecular weight excluding hydrogens is 457 g/mol. The lowest BCUT2D eigenvalue weighted by molar-refractivity contribution is 0.103. The van der Waals surface area contributed by atoms with Gasteiger partial charge < -0.3 is 0 Å². The first-order chi connectivity index (χ1) is 13.6. The van der Waals surface area contributed by atoms with Crippen LogP contribution in [-0.4, -0.2) is 10.8 Å². The summed E-state index contributed by atoms with van der Waals surface area (Å²) >= 11 is 2.27. The summed E-state index contributed by atoms with van der Waals surface area (Å²) in [4.78, 5) is 18.3. The van der Waals surface area contributed by atoms with E-state index >= 15 is 0 Å². The van der Waals surface area contributed by atoms with Crippen molar-refractivity contribution < 1.29 is 4.79 Å². The molecule has 0 aliphatic heterocycles. The van der Waals surface area contributed by atoms with Crippen molar-refractivity contribution in [1.29, 1.82) is 0 Å². The molecule has 2 nitrogen and oxygen atoms in total. The van der Waals surface area contributed by atoms with Crippen molar-refractivity contribution >= 4 is 28.4 Å². The summed E-state index contributed by atoms with van der Waals surface area (Å²) in [6, 6.07) is 27.6. The topological polar surface area (TPSA) is 30.0 Å². The lowest BCUT2D eigenvalue weighted by atomic mass is 9.90. The van der Waals surface area contributed by atoms with Crippen LogP contribution in [0.5, 0.6) is 0 Å². The van der Waals surface area contributed by atoms with Gasteiger partial charge in [0.15, 0.2) is 5.78 Å². The van der Waals surface area contributed by atoms with Crippen molar-refractivity contribution in [2.24, 2.45) is 0 Å². The molecule has 3 aromatic carbocycles. The first-order valence-corrected chi connectivity index (χ1v) is 10.1. The molecule has 1 heterocycles. The first kappa shape index (κ1) is 18.6. The molecule has 4 rings (SSSR count). The zero-order valence-corrected chi connectivity index (χ0v) is 17.6. The quantitative estimate of drug-likeness (QED) is 0.247. The number of hydrogen-bond acceptors (Lipinski definition) is 2. The summed E-state index contributed by atoms with van der Waals surface area (Å²) in [6.45, 7) is 2.06. The molecule has 136 valence electrons. The van der Waals surface area contributed by atoms with Crippen LogP contribution >= 0.6 is 22.6 Å². The molecule has 28 heavy (non-hydrogen) atoms. The van der Waals surface area contributed by atoms with Crippen LogP contribution in [0.1, 0.15) is 21.5 Å². The largest absolute Gasteiger partial charge is 0.289 e. The number of aryl methyl sites for hydroxylation is 1. The Morgan fingerprint density at radius 3 is 2.04 bits per heavy atom. The monoisotopic (exact) mass is 475 g/mol. The van der Waals surface area contributed by atoms with Gasteiger partial charge in [-0.1, -0.05) is 90.5 Å². The van der Waals surface area contributed by atoms with E-state index in [1.54, 1.807) is 0 Å². The smallest absolute Gasteiger partial charge is 0.195 e. The van der Waals surface area contributed by atoms with Gasteiger partial charge in [0.05, 0.1) is 11.3 Å². The van der Waals surface area contributed by atoms with Crippen molar-refractivity contribution in [3.05, 3.63) is 111 Å². The molecule has 0 saturated carbocycles. The van der Waals surface area contributed by atoms with E-state index in [-0.39, 0.29) is 5.78 Å². The van der Waals surface area contributed by atoms with E-state index in [1.165, 1.54) is 5.56 Å². The number of benzene rings is 3. The van der Waals surface area contributed by atoms with Crippen LogP contribution in [0.15, 0.2) is 91.1 Å². The average Bonchev–Trinajstić information content (AvgIpc) is 2.75. The Bertz CT molecular complexity index is 1120. The predicted molar refractivity (Wildman–Crippen MR) is 122 cm³/mol. The zero-order valence-electron chi connectivity index (χ0n) is 15.4. The standard InChI is InChI=1S/C25H18INO/c1-17-12-14-18(15-13-17)22-21(26)16-27-24(19-8-4-2-5-9-19)23(22)25(28)20-10-6-3-7-11-20/h2-16H,1H3. The highest BCUT2D eigenvalue weighted by Gasteiger charge is 2.23. The number of nitrogens with zero attached hydrogens (tertiary/aromatic N) is 1. The van der Waals surface area contributed by atoms with Crippen molar-refractivity contribution in [3.8, 4) is 22.4 Å². The second kappa shape index (κ2) is 8.07. The molecule has 4 aromatic rings. The fourth-order valence-electron chi connectivity index (χ4n) is 3.26. The summed E-state index contributed by atoms with van der Waals surface area (Å²) in [5.74, 6) is -0.0129. The van der Waals surface area contributed by atoms with E-state index in [9.17, 15) is 4.79 Å². The highest BCUT2D eigenvalue weighted by Crippen LogP contribution is 2.36. The van der Waals surface area contributed by atoms with Gasteiger partial charge in [0.2, 0.25) is 0 Å². The summed E-state index contributed by atoms with van der Waals surface area (Å²) in [5.41, 5.74) is 6.10. The van der Waals surface area contributed by atoms with Gasteiger partial charge in [0.1, 0.15) is 0 Å². The number of carbonyl (C=O) groups is 1. The van der Waals surface area contributed by atoms with Crippen LogP contribution in [-0.2, 0) is 0 Å². The van der Waals surface area contributed by atoms with Crippen molar-refractivity contribution in [1.82, 2.24) is 4.98 Å². The predicted octanol–water partition coefficient (Wildman–Crippen LogP) is 6.56. The van der Waals surface area contributed by atoms with Crippen molar-refractivity contribution in [3.63, 3.8) is 0 Å². The van der Waals surface area contributed by atoms with Gasteiger partial charge in [-0.2, -0.15) is 0 Å². The van der Waals surface area contributed by atoms with Gasteiger partial charge in [-0.15, -0.1) is 0 Å². The first-order valence-electron chi connectivity index (χ1n) is 9.06. The van der Waals surface area contributed by atoms with Crippen LogP contribution in [0, 0.1) is 10.5 Å². The van der Waals surface area contributed by atoms with E-state index in [1.807, 2.05) is 66.9 Å². The molecule has 0 bridgehead atoms. The van der Waals surface area contributed by atoms with Gasteiger partial charge in [-0.3, -0.25) is 9.78 Å². The van der Waals surface area contributed by atoms with Crippen LogP contribution in [0.3, 0.4) is 0 Å². The lowest BCUT2D eigenvalue weighted by Crippen LogP contribution is -2.09. The van der Waals surface area contributed by atoms with Gasteiger partial charge in [-0.05, 0) is 35.1 Å². The summed E-state index contributed by atoms with van der Waals surface area (Å²) in [5, 5.41) is 0. The number of carbonyl (C=O) groups excluding carboxylic acids is 1. The molecule has 0 amide bonds. The van der Waals surface area contributed by atoms with E-state index in [2.05, 4.69) is 58.8 Å². The molecule has 0 aliphatic rings. The third kappa shape index (κ3) is 3.62. The van der Waals surface area contributed by atoms with Gasteiger partial charge in [0.25, 0.3) is 0 Å². The maximum Gasteiger partial charge on any atom is 0.195 e. The van der Waals surface area contributed by atoms with Crippen LogP contribution in [0.4, 0.5) is 0 Å². The highest BCUT2D eigenvalue weighted by atomic mass is 127. The van der Waals surface area contributed by atoms with Gasteiger partial charge in [0, 0.05) is 26.5 Å². The summed E-state index contributed by atoms with van der Waals surface area (Å²) < 4.78 is 0.959. The van der Waals surface area contributed by atoms with E-state index < -0.39 is 0 Å². The summed E-state index contributed by atoms with van der Waals surface area (Å²) in [7, 11) is 0. The maximum atomic E-state index is 13.6. The second-order valence-corrected chi connectivity index (χ2v) is 7.79. The fraction of sp³-hybridized carbons (Fsp3) is 0.0400. The normalized spacial score (nSPS) is 10.6. The van der Waals surface area contributed by atoms with Gasteiger partial charge in [-0.25, -0.2) is 0 Å². The number of hydrogen-bond donors (Lipinski definition) is 0.